The van der Waals surface area contributed by atoms with Gasteiger partial charge in [0.15, 0.2) is 0 Å². The maximum Gasteiger partial charge on any atom is 0.240 e. The van der Waals surface area contributed by atoms with E-state index in [4.69, 9.17) is 11.6 Å². The molecule has 2 aromatic rings. The first kappa shape index (κ1) is 13.9. The molecule has 102 valence electrons. The first-order valence-corrected chi connectivity index (χ1v) is 7.39. The van der Waals surface area contributed by atoms with Crippen molar-refractivity contribution in [3.8, 4) is 0 Å². The van der Waals surface area contributed by atoms with Crippen LogP contribution < -0.4 is 4.72 Å². The van der Waals surface area contributed by atoms with Crippen LogP contribution >= 0.6 is 11.6 Å². The summed E-state index contributed by atoms with van der Waals surface area (Å²) < 4.78 is 28.0. The molecule has 0 unspecified atom stereocenters. The predicted octanol–water partition coefficient (Wildman–Crippen LogP) is 0.695. The average Bonchev–Trinajstić information content (AvgIpc) is 2.88. The highest BCUT2D eigenvalue weighted by atomic mass is 35.5. The second-order valence-corrected chi connectivity index (χ2v) is 5.89. The number of aryl methyl sites for hydroxylation is 1. The van der Waals surface area contributed by atoms with Gasteiger partial charge in [0.2, 0.25) is 10.0 Å². The number of sulfonamides is 1. The molecule has 2 heterocycles. The quantitative estimate of drug-likeness (QED) is 0.626. The molecule has 0 saturated heterocycles. The van der Waals surface area contributed by atoms with Gasteiger partial charge in [0.1, 0.15) is 5.15 Å². The normalized spacial score (nSPS) is 11.6. The van der Waals surface area contributed by atoms with Gasteiger partial charge in [0.25, 0.3) is 0 Å². The third-order valence-electron chi connectivity index (χ3n) is 2.34. The second kappa shape index (κ2) is 6.09. The molecule has 9 heteroatoms. The molecule has 0 aliphatic rings. The first-order valence-electron chi connectivity index (χ1n) is 5.53. The van der Waals surface area contributed by atoms with Crippen molar-refractivity contribution in [1.82, 2.24) is 24.7 Å². The minimum atomic E-state index is -3.54. The number of pyridine rings is 1. The van der Waals surface area contributed by atoms with Gasteiger partial charge in [-0.05, 0) is 18.6 Å². The van der Waals surface area contributed by atoms with Gasteiger partial charge in [0, 0.05) is 25.5 Å². The van der Waals surface area contributed by atoms with Crippen LogP contribution in [0.5, 0.6) is 0 Å². The van der Waals surface area contributed by atoms with Crippen LogP contribution in [0.1, 0.15) is 6.42 Å². The highest BCUT2D eigenvalue weighted by Gasteiger charge is 2.13. The van der Waals surface area contributed by atoms with Crippen LogP contribution in [0.4, 0.5) is 0 Å². The topological polar surface area (TPSA) is 89.8 Å². The lowest BCUT2D eigenvalue weighted by molar-refractivity contribution is 0.542. The lowest BCUT2D eigenvalue weighted by Crippen LogP contribution is -2.25. The Bertz CT molecular complexity index is 629. The Hall–Kier alpha value is -1.51. The molecule has 0 atom stereocenters. The van der Waals surface area contributed by atoms with Crippen molar-refractivity contribution in [2.75, 3.05) is 6.54 Å². The molecule has 0 aliphatic carbocycles. The maximum absolute atomic E-state index is 11.9. The van der Waals surface area contributed by atoms with Crippen molar-refractivity contribution >= 4 is 21.6 Å². The fraction of sp³-hybridized carbons (Fsp3) is 0.300. The van der Waals surface area contributed by atoms with Gasteiger partial charge in [-0.1, -0.05) is 16.8 Å². The van der Waals surface area contributed by atoms with Gasteiger partial charge in [0.05, 0.1) is 11.1 Å². The van der Waals surface area contributed by atoms with Crippen LogP contribution in [0.25, 0.3) is 0 Å². The monoisotopic (exact) mass is 301 g/mol. The van der Waals surface area contributed by atoms with E-state index in [2.05, 4.69) is 20.0 Å². The van der Waals surface area contributed by atoms with E-state index < -0.39 is 10.0 Å². The van der Waals surface area contributed by atoms with E-state index in [1.807, 2.05) is 0 Å². The zero-order chi connectivity index (χ0) is 13.7. The molecule has 0 bridgehead atoms. The molecule has 0 saturated carbocycles. The molecule has 0 aromatic carbocycles. The van der Waals surface area contributed by atoms with E-state index >= 15 is 0 Å². The Morgan fingerprint density at radius 3 is 2.89 bits per heavy atom. The SMILES string of the molecule is O=S(=O)(NCCCn1ccnn1)c1ccnc(Cl)c1. The van der Waals surface area contributed by atoms with E-state index in [9.17, 15) is 8.42 Å². The predicted molar refractivity (Wildman–Crippen MR) is 69.1 cm³/mol. The van der Waals surface area contributed by atoms with Gasteiger partial charge in [-0.25, -0.2) is 18.1 Å². The number of hydrogen-bond donors (Lipinski definition) is 1. The van der Waals surface area contributed by atoms with Crippen molar-refractivity contribution < 1.29 is 8.42 Å². The molecule has 1 N–H and O–H groups in total. The zero-order valence-electron chi connectivity index (χ0n) is 9.90. The van der Waals surface area contributed by atoms with Crippen LogP contribution in [0.2, 0.25) is 5.15 Å². The number of nitrogens with one attached hydrogen (secondary N) is 1. The lowest BCUT2D eigenvalue weighted by atomic mass is 10.4. The molecule has 0 amide bonds. The van der Waals surface area contributed by atoms with Gasteiger partial charge in [-0.2, -0.15) is 0 Å². The Morgan fingerprint density at radius 1 is 1.37 bits per heavy atom. The standard InChI is InChI=1S/C10H12ClN5O2S/c11-10-8-9(2-4-12-10)19(17,18)14-3-1-6-16-7-5-13-15-16/h2,4-5,7-8,14H,1,3,6H2. The summed E-state index contributed by atoms with van der Waals surface area (Å²) in [6.45, 7) is 0.905. The molecule has 0 spiro atoms. The van der Waals surface area contributed by atoms with Gasteiger partial charge in [-0.3, -0.25) is 4.68 Å². The average molecular weight is 302 g/mol. The van der Waals surface area contributed by atoms with E-state index in [-0.39, 0.29) is 10.0 Å². The minimum Gasteiger partial charge on any atom is -0.253 e. The van der Waals surface area contributed by atoms with Crippen LogP contribution in [0.3, 0.4) is 0 Å². The maximum atomic E-state index is 11.9. The Labute approximate surface area is 115 Å². The summed E-state index contributed by atoms with van der Waals surface area (Å²) in [5.74, 6) is 0. The van der Waals surface area contributed by atoms with E-state index in [1.165, 1.54) is 18.3 Å². The fourth-order valence-electron chi connectivity index (χ4n) is 1.43. The summed E-state index contributed by atoms with van der Waals surface area (Å²) in [4.78, 5) is 3.84. The molecular weight excluding hydrogens is 290 g/mol. The molecule has 0 radical (unpaired) electrons. The molecule has 2 aromatic heterocycles. The Balaban J connectivity index is 1.88. The smallest absolute Gasteiger partial charge is 0.240 e. The second-order valence-electron chi connectivity index (χ2n) is 3.73. The highest BCUT2D eigenvalue weighted by Crippen LogP contribution is 2.12. The van der Waals surface area contributed by atoms with Crippen molar-refractivity contribution in [2.45, 2.75) is 17.9 Å². The summed E-state index contributed by atoms with van der Waals surface area (Å²) in [6, 6.07) is 2.70. The minimum absolute atomic E-state index is 0.105. The van der Waals surface area contributed by atoms with Crippen LogP contribution in [0, 0.1) is 0 Å². The van der Waals surface area contributed by atoms with Crippen LogP contribution in [-0.2, 0) is 16.6 Å². The summed E-state index contributed by atoms with van der Waals surface area (Å²) >= 11 is 5.66. The lowest BCUT2D eigenvalue weighted by Gasteiger charge is -2.06. The highest BCUT2D eigenvalue weighted by molar-refractivity contribution is 7.89. The van der Waals surface area contributed by atoms with E-state index in [1.54, 1.807) is 17.1 Å². The molecule has 7 nitrogen and oxygen atoms in total. The van der Waals surface area contributed by atoms with Gasteiger partial charge >= 0.3 is 0 Å². The number of aromatic nitrogens is 4. The number of halogens is 1. The fourth-order valence-corrected chi connectivity index (χ4v) is 2.76. The van der Waals surface area contributed by atoms with Crippen LogP contribution in [-0.4, -0.2) is 34.9 Å². The Kier molecular flexibility index (Phi) is 4.46. The number of hydrogen-bond acceptors (Lipinski definition) is 5. The largest absolute Gasteiger partial charge is 0.253 e. The summed E-state index contributed by atoms with van der Waals surface area (Å²) in [5, 5.41) is 7.59. The van der Waals surface area contributed by atoms with Gasteiger partial charge in [-0.15, -0.1) is 5.10 Å². The third kappa shape index (κ3) is 3.98. The molecule has 19 heavy (non-hydrogen) atoms. The number of rotatable bonds is 6. The summed E-state index contributed by atoms with van der Waals surface area (Å²) in [7, 11) is -3.54. The van der Waals surface area contributed by atoms with E-state index in [0.29, 0.717) is 19.5 Å². The molecule has 2 rings (SSSR count). The van der Waals surface area contributed by atoms with Gasteiger partial charge < -0.3 is 0 Å². The van der Waals surface area contributed by atoms with Crippen molar-refractivity contribution in [1.29, 1.82) is 0 Å². The molecule has 0 fully saturated rings. The Morgan fingerprint density at radius 2 is 2.21 bits per heavy atom. The van der Waals surface area contributed by atoms with Crippen molar-refractivity contribution in [3.05, 3.63) is 35.9 Å². The number of nitrogens with zero attached hydrogens (tertiary/aromatic N) is 4. The van der Waals surface area contributed by atoms with Crippen LogP contribution in [0.15, 0.2) is 35.6 Å². The molecular formula is C10H12ClN5O2S. The van der Waals surface area contributed by atoms with E-state index in [0.717, 1.165) is 0 Å². The third-order valence-corrected chi connectivity index (χ3v) is 4.00. The summed E-state index contributed by atoms with van der Waals surface area (Å²) in [5.41, 5.74) is 0. The molecule has 0 aliphatic heterocycles. The zero-order valence-corrected chi connectivity index (χ0v) is 11.5. The van der Waals surface area contributed by atoms with Crippen molar-refractivity contribution in [2.24, 2.45) is 0 Å². The first-order chi connectivity index (χ1) is 9.08. The van der Waals surface area contributed by atoms with Crippen molar-refractivity contribution in [3.63, 3.8) is 0 Å². The summed E-state index contributed by atoms with van der Waals surface area (Å²) in [6.07, 6.45) is 5.26.